The molecule has 0 fully saturated rings. The van der Waals surface area contributed by atoms with Crippen molar-refractivity contribution in [3.8, 4) is 5.75 Å². The van der Waals surface area contributed by atoms with Crippen LogP contribution in [0, 0.1) is 6.92 Å². The second-order valence-electron chi connectivity index (χ2n) is 7.62. The first-order chi connectivity index (χ1) is 9.90. The fraction of sp³-hybridized carbons (Fsp3) is 0.500. The van der Waals surface area contributed by atoms with Crippen LogP contribution in [0.15, 0.2) is 18.2 Å². The highest BCUT2D eigenvalue weighted by atomic mass is 16.5. The summed E-state index contributed by atoms with van der Waals surface area (Å²) in [4.78, 5) is 0. The van der Waals surface area contributed by atoms with Gasteiger partial charge in [0, 0.05) is 11.5 Å². The lowest BCUT2D eigenvalue weighted by Crippen LogP contribution is -2.31. The number of hydrogen-bond donors (Lipinski definition) is 0. The van der Waals surface area contributed by atoms with Crippen molar-refractivity contribution in [2.24, 2.45) is 0 Å². The molecule has 0 N–H and O–H groups in total. The zero-order valence-electron chi connectivity index (χ0n) is 13.7. The van der Waals surface area contributed by atoms with E-state index in [1.165, 1.54) is 46.1 Å². The third-order valence-electron chi connectivity index (χ3n) is 5.52. The van der Waals surface area contributed by atoms with Gasteiger partial charge in [-0.2, -0.15) is 0 Å². The van der Waals surface area contributed by atoms with Crippen LogP contribution < -0.4 is 4.74 Å². The summed E-state index contributed by atoms with van der Waals surface area (Å²) in [5, 5.41) is 2.90. The quantitative estimate of drug-likeness (QED) is 0.672. The highest BCUT2D eigenvalue weighted by Crippen LogP contribution is 2.55. The van der Waals surface area contributed by atoms with Crippen LogP contribution in [-0.4, -0.2) is 5.60 Å². The first kappa shape index (κ1) is 13.2. The molecule has 0 aromatic heterocycles. The lowest BCUT2D eigenvalue weighted by atomic mass is 9.74. The Hall–Kier alpha value is -1.50. The second-order valence-corrected chi connectivity index (χ2v) is 7.62. The highest BCUT2D eigenvalue weighted by molar-refractivity contribution is 5.95. The Balaban J connectivity index is 2.16. The minimum absolute atomic E-state index is 0.0678. The summed E-state index contributed by atoms with van der Waals surface area (Å²) >= 11 is 0. The maximum atomic E-state index is 6.47. The standard InChI is InChI=1S/C20H24O/c1-11(2)15-10-13-7-6-12(3)14-8-9-16-18(17(13)14)19(15)21-20(16,4)5/h6-7,10-11,16H,8-9H2,1-5H3. The molecule has 1 heteroatoms. The smallest absolute Gasteiger partial charge is 0.127 e. The second kappa shape index (κ2) is 4.03. The van der Waals surface area contributed by atoms with Crippen molar-refractivity contribution < 1.29 is 4.74 Å². The minimum Gasteiger partial charge on any atom is -0.487 e. The third-order valence-corrected chi connectivity index (χ3v) is 5.52. The van der Waals surface area contributed by atoms with Gasteiger partial charge in [0.05, 0.1) is 0 Å². The van der Waals surface area contributed by atoms with Gasteiger partial charge in [-0.15, -0.1) is 0 Å². The van der Waals surface area contributed by atoms with Gasteiger partial charge in [0.25, 0.3) is 0 Å². The Bertz CT molecular complexity index is 752. The van der Waals surface area contributed by atoms with Crippen molar-refractivity contribution >= 4 is 10.8 Å². The van der Waals surface area contributed by atoms with Crippen molar-refractivity contribution in [1.29, 1.82) is 0 Å². The molecule has 1 nitrogen and oxygen atoms in total. The molecular formula is C20H24O. The molecule has 0 spiro atoms. The fourth-order valence-electron chi connectivity index (χ4n) is 4.37. The summed E-state index contributed by atoms with van der Waals surface area (Å²) in [6, 6.07) is 6.95. The van der Waals surface area contributed by atoms with Crippen LogP contribution in [0.5, 0.6) is 5.75 Å². The molecule has 1 aliphatic carbocycles. The predicted octanol–water partition coefficient (Wildman–Crippen LogP) is 5.47. The Morgan fingerprint density at radius 2 is 2.00 bits per heavy atom. The molecule has 0 amide bonds. The fourth-order valence-corrected chi connectivity index (χ4v) is 4.37. The van der Waals surface area contributed by atoms with Crippen molar-refractivity contribution in [3.63, 3.8) is 0 Å². The van der Waals surface area contributed by atoms with E-state index in [1.807, 2.05) is 0 Å². The van der Waals surface area contributed by atoms with Gasteiger partial charge in [0.1, 0.15) is 11.4 Å². The van der Waals surface area contributed by atoms with Crippen LogP contribution in [-0.2, 0) is 6.42 Å². The molecule has 2 aromatic rings. The van der Waals surface area contributed by atoms with E-state index in [-0.39, 0.29) is 5.60 Å². The monoisotopic (exact) mass is 280 g/mol. The first-order valence-electron chi connectivity index (χ1n) is 8.18. The Labute approximate surface area is 127 Å². The summed E-state index contributed by atoms with van der Waals surface area (Å²) in [6.07, 6.45) is 2.41. The molecule has 4 rings (SSSR count). The number of ether oxygens (including phenoxy) is 1. The molecule has 0 radical (unpaired) electrons. The summed E-state index contributed by atoms with van der Waals surface area (Å²) in [7, 11) is 0. The summed E-state index contributed by atoms with van der Waals surface area (Å²) < 4.78 is 6.47. The van der Waals surface area contributed by atoms with Crippen molar-refractivity contribution in [2.75, 3.05) is 0 Å². The highest BCUT2D eigenvalue weighted by Gasteiger charge is 2.45. The zero-order valence-corrected chi connectivity index (χ0v) is 13.7. The van der Waals surface area contributed by atoms with Crippen molar-refractivity contribution in [1.82, 2.24) is 0 Å². The Morgan fingerprint density at radius 1 is 1.24 bits per heavy atom. The van der Waals surface area contributed by atoms with Gasteiger partial charge in [0.2, 0.25) is 0 Å². The summed E-state index contributed by atoms with van der Waals surface area (Å²) in [6.45, 7) is 11.3. The summed E-state index contributed by atoms with van der Waals surface area (Å²) in [5.74, 6) is 2.24. The van der Waals surface area contributed by atoms with Gasteiger partial charge in [0.15, 0.2) is 0 Å². The van der Waals surface area contributed by atoms with Crippen LogP contribution >= 0.6 is 0 Å². The van der Waals surface area contributed by atoms with Crippen LogP contribution in [0.1, 0.15) is 68.2 Å². The van der Waals surface area contributed by atoms with E-state index in [4.69, 9.17) is 4.74 Å². The molecule has 1 unspecified atom stereocenters. The van der Waals surface area contributed by atoms with Crippen LogP contribution in [0.3, 0.4) is 0 Å². The Kier molecular flexibility index (Phi) is 2.53. The molecule has 2 aliphatic rings. The lowest BCUT2D eigenvalue weighted by Gasteiger charge is -2.30. The van der Waals surface area contributed by atoms with Gasteiger partial charge < -0.3 is 4.74 Å². The van der Waals surface area contributed by atoms with E-state index in [9.17, 15) is 0 Å². The normalized spacial score (nSPS) is 21.9. The first-order valence-corrected chi connectivity index (χ1v) is 8.18. The van der Waals surface area contributed by atoms with Crippen LogP contribution in [0.2, 0.25) is 0 Å². The van der Waals surface area contributed by atoms with E-state index in [0.717, 1.165) is 0 Å². The molecule has 1 aliphatic heterocycles. The topological polar surface area (TPSA) is 9.23 Å². The average Bonchev–Trinajstić information content (AvgIpc) is 2.70. The SMILES string of the molecule is Cc1ccc2cc(C(C)C)c3c4c2c1CCC4C(C)(C)O3. The molecule has 1 heterocycles. The van der Waals surface area contributed by atoms with E-state index in [1.54, 1.807) is 5.56 Å². The molecule has 0 saturated carbocycles. The number of hydrogen-bond acceptors (Lipinski definition) is 1. The molecule has 0 bridgehead atoms. The maximum absolute atomic E-state index is 6.47. The van der Waals surface area contributed by atoms with Crippen LogP contribution in [0.25, 0.3) is 10.8 Å². The van der Waals surface area contributed by atoms with E-state index >= 15 is 0 Å². The Morgan fingerprint density at radius 3 is 2.71 bits per heavy atom. The molecule has 2 aromatic carbocycles. The van der Waals surface area contributed by atoms with Gasteiger partial charge in [-0.1, -0.05) is 26.0 Å². The van der Waals surface area contributed by atoms with E-state index in [2.05, 4.69) is 52.8 Å². The van der Waals surface area contributed by atoms with E-state index in [0.29, 0.717) is 11.8 Å². The number of aryl methyl sites for hydroxylation is 2. The largest absolute Gasteiger partial charge is 0.487 e. The van der Waals surface area contributed by atoms with Gasteiger partial charge in [-0.05, 0) is 73.1 Å². The van der Waals surface area contributed by atoms with E-state index < -0.39 is 0 Å². The van der Waals surface area contributed by atoms with Gasteiger partial charge in [-0.3, -0.25) is 0 Å². The third kappa shape index (κ3) is 1.64. The average molecular weight is 280 g/mol. The van der Waals surface area contributed by atoms with Gasteiger partial charge in [-0.25, -0.2) is 0 Å². The predicted molar refractivity (Wildman–Crippen MR) is 88.5 cm³/mol. The minimum atomic E-state index is -0.0678. The van der Waals surface area contributed by atoms with Crippen molar-refractivity contribution in [2.45, 2.75) is 64.9 Å². The maximum Gasteiger partial charge on any atom is 0.127 e. The molecule has 1 atom stereocenters. The molecule has 110 valence electrons. The number of rotatable bonds is 1. The van der Waals surface area contributed by atoms with Crippen LogP contribution in [0.4, 0.5) is 0 Å². The lowest BCUT2D eigenvalue weighted by molar-refractivity contribution is 0.105. The molecule has 0 saturated heterocycles. The van der Waals surface area contributed by atoms with Crippen molar-refractivity contribution in [3.05, 3.63) is 40.5 Å². The number of benzene rings is 2. The summed E-state index contributed by atoms with van der Waals surface area (Å²) in [5.41, 5.74) is 5.81. The molecular weight excluding hydrogens is 256 g/mol. The zero-order chi connectivity index (χ0) is 14.9. The molecule has 21 heavy (non-hydrogen) atoms. The van der Waals surface area contributed by atoms with Gasteiger partial charge >= 0.3 is 0 Å².